The molecular weight excluding hydrogens is 767 g/mol. The van der Waals surface area contributed by atoms with Crippen molar-refractivity contribution in [1.82, 2.24) is 24.3 Å². The highest BCUT2D eigenvalue weighted by Crippen LogP contribution is 2.32. The number of aromatic nitrogens is 2. The van der Waals surface area contributed by atoms with Crippen LogP contribution in [0.1, 0.15) is 83.1 Å². The summed E-state index contributed by atoms with van der Waals surface area (Å²) < 4.78 is 9.52. The molecule has 2 saturated heterocycles. The molecule has 0 radical (unpaired) electrons. The Morgan fingerprint density at radius 3 is 1.59 bits per heavy atom. The standard InChI is InChI=1S/C24H29N3O2S.C22H24N2O3S/c1-3-4-13-25-23(28)18-11-14-26(15-12-18)24(29)21-9-10-22(30-21)27-17(2)16-19-7-5-6-8-20(19)27;1-3-27-22(26)16-10-12-23(13-11-16)21(25)19-8-9-20(28-19)24-15(2)14-17-6-4-5-7-18(17)24/h5-10,16,18H,3-4,11-15H2,1-2H3,(H,25,28);4-9,14,16H,3,10-13H2,1-2H3. The number of unbranched alkanes of at least 4 members (excludes halogenated alkanes) is 1. The van der Waals surface area contributed by atoms with Crippen LogP contribution in [0.5, 0.6) is 0 Å². The van der Waals surface area contributed by atoms with Crippen molar-refractivity contribution in [3.05, 3.63) is 106 Å². The Balaban J connectivity index is 0.000000177. The molecule has 6 aromatic rings. The van der Waals surface area contributed by atoms with Crippen molar-refractivity contribution < 1.29 is 23.9 Å². The van der Waals surface area contributed by atoms with Gasteiger partial charge in [0.05, 0.1) is 33.3 Å². The van der Waals surface area contributed by atoms with Crippen LogP contribution in [-0.2, 0) is 14.3 Å². The number of likely N-dealkylation sites (tertiary alicyclic amines) is 2. The van der Waals surface area contributed by atoms with E-state index in [1.165, 1.54) is 33.4 Å². The number of carbonyl (C=O) groups is 4. The molecule has 0 aliphatic carbocycles. The maximum absolute atomic E-state index is 13.0. The van der Waals surface area contributed by atoms with Crippen LogP contribution < -0.4 is 5.32 Å². The van der Waals surface area contributed by atoms with Crippen molar-refractivity contribution in [3.63, 3.8) is 0 Å². The van der Waals surface area contributed by atoms with E-state index >= 15 is 0 Å². The number of carbonyl (C=O) groups excluding carboxylic acids is 4. The molecule has 2 aromatic carbocycles. The molecule has 0 atom stereocenters. The highest BCUT2D eigenvalue weighted by Gasteiger charge is 2.30. The zero-order valence-electron chi connectivity index (χ0n) is 33.9. The molecule has 0 unspecified atom stereocenters. The minimum absolute atomic E-state index is 0.0266. The van der Waals surface area contributed by atoms with E-state index in [4.69, 9.17) is 4.74 Å². The fraction of sp³-hybridized carbons (Fsp3) is 0.391. The Morgan fingerprint density at radius 2 is 1.12 bits per heavy atom. The third-order valence-corrected chi connectivity index (χ3v) is 13.3. The normalized spacial score (nSPS) is 15.0. The van der Waals surface area contributed by atoms with Crippen LogP contribution in [0, 0.1) is 25.7 Å². The fourth-order valence-corrected chi connectivity index (χ4v) is 10.2. The van der Waals surface area contributed by atoms with Crippen LogP contribution in [-0.4, -0.2) is 82.0 Å². The molecule has 2 aliphatic heterocycles. The number of aryl methyl sites for hydroxylation is 2. The summed E-state index contributed by atoms with van der Waals surface area (Å²) in [5.74, 6) is 0.0697. The fourth-order valence-electron chi connectivity index (χ4n) is 8.06. The van der Waals surface area contributed by atoms with Gasteiger partial charge in [0.2, 0.25) is 5.91 Å². The summed E-state index contributed by atoms with van der Waals surface area (Å²) in [6, 6.07) is 28.8. The third kappa shape index (κ3) is 8.93. The minimum atomic E-state index is -0.136. The molecule has 3 amide bonds. The zero-order valence-corrected chi connectivity index (χ0v) is 35.5. The molecular formula is C46H53N5O5S2. The summed E-state index contributed by atoms with van der Waals surface area (Å²) in [6.45, 7) is 11.8. The molecule has 304 valence electrons. The van der Waals surface area contributed by atoms with E-state index in [1.807, 2.05) is 65.3 Å². The summed E-state index contributed by atoms with van der Waals surface area (Å²) in [6.07, 6.45) is 4.91. The number of esters is 1. The summed E-state index contributed by atoms with van der Waals surface area (Å²) in [4.78, 5) is 55.4. The number of piperidine rings is 2. The van der Waals surface area contributed by atoms with Crippen LogP contribution in [0.3, 0.4) is 0 Å². The van der Waals surface area contributed by atoms with E-state index in [-0.39, 0.29) is 35.5 Å². The molecule has 12 heteroatoms. The van der Waals surface area contributed by atoms with E-state index < -0.39 is 0 Å². The predicted octanol–water partition coefficient (Wildman–Crippen LogP) is 9.18. The van der Waals surface area contributed by atoms with Crippen molar-refractivity contribution >= 4 is 68.2 Å². The van der Waals surface area contributed by atoms with Gasteiger partial charge >= 0.3 is 5.97 Å². The number of benzene rings is 2. The van der Waals surface area contributed by atoms with E-state index in [9.17, 15) is 19.2 Å². The number of hydrogen-bond acceptors (Lipinski definition) is 7. The second-order valence-corrected chi connectivity index (χ2v) is 17.3. The molecule has 58 heavy (non-hydrogen) atoms. The quantitative estimate of drug-likeness (QED) is 0.110. The molecule has 6 heterocycles. The van der Waals surface area contributed by atoms with Crippen molar-refractivity contribution in [2.75, 3.05) is 39.3 Å². The monoisotopic (exact) mass is 819 g/mol. The van der Waals surface area contributed by atoms with Gasteiger partial charge < -0.3 is 29.0 Å². The number of hydrogen-bond donors (Lipinski definition) is 1. The van der Waals surface area contributed by atoms with Crippen molar-refractivity contribution in [3.8, 4) is 10.0 Å². The first-order valence-corrected chi connectivity index (χ1v) is 22.2. The zero-order chi connectivity index (χ0) is 40.8. The van der Waals surface area contributed by atoms with Crippen LogP contribution in [0.15, 0.2) is 84.9 Å². The number of nitrogens with one attached hydrogen (secondary N) is 1. The number of rotatable bonds is 10. The van der Waals surface area contributed by atoms with Gasteiger partial charge in [0.25, 0.3) is 11.8 Å². The van der Waals surface area contributed by atoms with Gasteiger partial charge in [-0.3, -0.25) is 19.2 Å². The second-order valence-electron chi connectivity index (χ2n) is 15.2. The number of ether oxygens (including phenoxy) is 1. The molecule has 2 fully saturated rings. The van der Waals surface area contributed by atoms with Gasteiger partial charge in [-0.2, -0.15) is 0 Å². The molecule has 0 saturated carbocycles. The van der Waals surface area contributed by atoms with Gasteiger partial charge in [-0.1, -0.05) is 49.7 Å². The first-order chi connectivity index (χ1) is 28.2. The molecule has 0 bridgehead atoms. The van der Waals surface area contributed by atoms with Gasteiger partial charge in [0.15, 0.2) is 0 Å². The van der Waals surface area contributed by atoms with Gasteiger partial charge in [-0.25, -0.2) is 0 Å². The summed E-state index contributed by atoms with van der Waals surface area (Å²) in [5, 5.41) is 7.53. The molecule has 1 N–H and O–H groups in total. The number of thiophene rings is 2. The number of nitrogens with zero attached hydrogens (tertiary/aromatic N) is 4. The SMILES string of the molecule is CCCCNC(=O)C1CCN(C(=O)c2ccc(-n3c(C)cc4ccccc43)s2)CC1.CCOC(=O)C1CCN(C(=O)c2ccc(-n3c(C)cc4ccccc43)s2)CC1. The van der Waals surface area contributed by atoms with Crippen molar-refractivity contribution in [1.29, 1.82) is 0 Å². The molecule has 10 nitrogen and oxygen atoms in total. The highest BCUT2D eigenvalue weighted by atomic mass is 32.1. The highest BCUT2D eigenvalue weighted by molar-refractivity contribution is 7.16. The first kappa shape index (κ1) is 41.0. The molecule has 2 aliphatic rings. The van der Waals surface area contributed by atoms with E-state index in [0.29, 0.717) is 45.6 Å². The van der Waals surface area contributed by atoms with Gasteiger partial charge in [-0.05, 0) is 101 Å². The lowest BCUT2D eigenvalue weighted by atomic mass is 9.95. The smallest absolute Gasteiger partial charge is 0.309 e. The van der Waals surface area contributed by atoms with Crippen LogP contribution in [0.2, 0.25) is 0 Å². The average Bonchev–Trinajstić information content (AvgIpc) is 4.05. The minimum Gasteiger partial charge on any atom is -0.466 e. The van der Waals surface area contributed by atoms with Gasteiger partial charge in [0.1, 0.15) is 10.0 Å². The summed E-state index contributed by atoms with van der Waals surface area (Å²) >= 11 is 3.05. The third-order valence-electron chi connectivity index (χ3n) is 11.2. The Labute approximate surface area is 348 Å². The Morgan fingerprint density at radius 1 is 0.655 bits per heavy atom. The Hall–Kier alpha value is -5.20. The lowest BCUT2D eigenvalue weighted by Crippen LogP contribution is -2.43. The van der Waals surface area contributed by atoms with E-state index in [0.717, 1.165) is 74.4 Å². The molecule has 8 rings (SSSR count). The Bertz CT molecular complexity index is 2390. The number of fused-ring (bicyclic) bond motifs is 2. The van der Waals surface area contributed by atoms with E-state index in [2.05, 4.69) is 71.6 Å². The first-order valence-electron chi connectivity index (χ1n) is 20.5. The summed E-state index contributed by atoms with van der Waals surface area (Å²) in [7, 11) is 0. The van der Waals surface area contributed by atoms with Crippen LogP contribution >= 0.6 is 22.7 Å². The lowest BCUT2D eigenvalue weighted by molar-refractivity contribution is -0.149. The van der Waals surface area contributed by atoms with Crippen molar-refractivity contribution in [2.24, 2.45) is 11.8 Å². The van der Waals surface area contributed by atoms with Gasteiger partial charge in [-0.15, -0.1) is 22.7 Å². The molecule has 4 aromatic heterocycles. The van der Waals surface area contributed by atoms with Crippen molar-refractivity contribution in [2.45, 2.75) is 66.2 Å². The molecule has 0 spiro atoms. The second kappa shape index (κ2) is 18.6. The van der Waals surface area contributed by atoms with Gasteiger partial charge in [0, 0.05) is 60.8 Å². The maximum Gasteiger partial charge on any atom is 0.309 e. The van der Waals surface area contributed by atoms with E-state index in [1.54, 1.807) is 0 Å². The average molecular weight is 820 g/mol. The maximum atomic E-state index is 13.0. The predicted molar refractivity (Wildman–Crippen MR) is 234 cm³/mol. The topological polar surface area (TPSA) is 106 Å². The summed E-state index contributed by atoms with van der Waals surface area (Å²) in [5.41, 5.74) is 4.62. The number of para-hydroxylation sites is 2. The lowest BCUT2D eigenvalue weighted by Gasteiger charge is -2.31. The van der Waals surface area contributed by atoms with Crippen LogP contribution in [0.25, 0.3) is 31.8 Å². The van der Waals surface area contributed by atoms with Crippen LogP contribution in [0.4, 0.5) is 0 Å². The Kier molecular flexibility index (Phi) is 13.1. The number of amides is 3. The largest absolute Gasteiger partial charge is 0.466 e.